The van der Waals surface area contributed by atoms with Crippen LogP contribution in [0.4, 0.5) is 0 Å². The van der Waals surface area contributed by atoms with Crippen molar-refractivity contribution in [2.75, 3.05) is 39.5 Å². The predicted molar refractivity (Wildman–Crippen MR) is 143 cm³/mol. The number of carbonyl (C=O) groups excluding carboxylic acids is 2. The Labute approximate surface area is 225 Å². The van der Waals surface area contributed by atoms with Gasteiger partial charge in [-0.25, -0.2) is 0 Å². The molecule has 0 saturated carbocycles. The van der Waals surface area contributed by atoms with Gasteiger partial charge in [0.2, 0.25) is 5.76 Å². The molecule has 1 atom stereocenters. The molecule has 206 valence electrons. The Bertz CT molecular complexity index is 1100. The molecule has 4 heterocycles. The minimum Gasteiger partial charge on any atom is -0.492 e. The third kappa shape index (κ3) is 6.06. The van der Waals surface area contributed by atoms with Crippen LogP contribution >= 0.6 is 0 Å². The van der Waals surface area contributed by atoms with Crippen molar-refractivity contribution in [3.8, 4) is 5.75 Å². The number of ether oxygens (including phenoxy) is 2. The summed E-state index contributed by atoms with van der Waals surface area (Å²) < 4.78 is 17.9. The summed E-state index contributed by atoms with van der Waals surface area (Å²) in [6.45, 7) is 8.14. The minimum absolute atomic E-state index is 0.0297. The van der Waals surface area contributed by atoms with Crippen molar-refractivity contribution in [2.24, 2.45) is 11.3 Å². The number of piperidine rings is 1. The van der Waals surface area contributed by atoms with Crippen molar-refractivity contribution in [3.05, 3.63) is 47.3 Å². The van der Waals surface area contributed by atoms with Gasteiger partial charge in [-0.3, -0.25) is 9.59 Å². The van der Waals surface area contributed by atoms with Crippen LogP contribution in [0.3, 0.4) is 0 Å². The fourth-order valence-electron chi connectivity index (χ4n) is 6.09. The molecule has 0 bridgehead atoms. The number of amides is 2. The standard InChI is InChI=1S/C30H41N3O5/c1-22(2)18-23-19-27(38-31-23)29(35)32-15-12-30(13-16-32)11-5-6-17-36-20-24-8-7-14-33(24)28(34)25-9-3-4-10-26(25)37-21-30/h3-4,9-10,19,22,24H,5-8,11-18,20-21H2,1-2H3/t24-/m0/s1. The number of aromatic nitrogens is 1. The molecule has 2 aromatic rings. The van der Waals surface area contributed by atoms with Gasteiger partial charge in [-0.15, -0.1) is 0 Å². The molecule has 1 aromatic heterocycles. The third-order valence-electron chi connectivity index (χ3n) is 8.34. The zero-order valence-electron chi connectivity index (χ0n) is 22.8. The molecule has 0 radical (unpaired) electrons. The largest absolute Gasteiger partial charge is 0.492 e. The van der Waals surface area contributed by atoms with Gasteiger partial charge in [0, 0.05) is 37.7 Å². The summed E-state index contributed by atoms with van der Waals surface area (Å²) in [5, 5.41) is 4.09. The summed E-state index contributed by atoms with van der Waals surface area (Å²) in [5.41, 5.74) is 1.39. The Balaban J connectivity index is 1.28. The van der Waals surface area contributed by atoms with E-state index in [1.54, 1.807) is 6.07 Å². The molecular weight excluding hydrogens is 482 g/mol. The number of hydrogen-bond donors (Lipinski definition) is 0. The van der Waals surface area contributed by atoms with Gasteiger partial charge in [-0.2, -0.15) is 0 Å². The van der Waals surface area contributed by atoms with Crippen molar-refractivity contribution >= 4 is 11.8 Å². The van der Waals surface area contributed by atoms with E-state index in [1.165, 1.54) is 0 Å². The van der Waals surface area contributed by atoms with Crippen LogP contribution in [0.1, 0.15) is 85.4 Å². The molecule has 8 nitrogen and oxygen atoms in total. The van der Waals surface area contributed by atoms with E-state index in [2.05, 4.69) is 19.0 Å². The number of nitrogens with zero attached hydrogens (tertiary/aromatic N) is 3. The van der Waals surface area contributed by atoms with Crippen LogP contribution in [0.5, 0.6) is 5.75 Å². The second kappa shape index (κ2) is 11.9. The second-order valence-corrected chi connectivity index (χ2v) is 11.7. The molecule has 38 heavy (non-hydrogen) atoms. The lowest BCUT2D eigenvalue weighted by molar-refractivity contribution is 0.0286. The summed E-state index contributed by atoms with van der Waals surface area (Å²) in [5.74, 6) is 1.37. The predicted octanol–water partition coefficient (Wildman–Crippen LogP) is 4.98. The van der Waals surface area contributed by atoms with E-state index in [0.717, 1.165) is 63.6 Å². The lowest BCUT2D eigenvalue weighted by atomic mass is 9.75. The van der Waals surface area contributed by atoms with Crippen LogP contribution in [0.2, 0.25) is 0 Å². The highest BCUT2D eigenvalue weighted by atomic mass is 16.5. The van der Waals surface area contributed by atoms with E-state index in [1.807, 2.05) is 34.1 Å². The van der Waals surface area contributed by atoms with Gasteiger partial charge < -0.3 is 23.8 Å². The van der Waals surface area contributed by atoms with Crippen molar-refractivity contribution in [1.29, 1.82) is 0 Å². The van der Waals surface area contributed by atoms with Gasteiger partial charge in [0.15, 0.2) is 0 Å². The maximum atomic E-state index is 13.5. The Morgan fingerprint density at radius 3 is 2.74 bits per heavy atom. The van der Waals surface area contributed by atoms with Gasteiger partial charge in [0.25, 0.3) is 11.8 Å². The molecule has 2 saturated heterocycles. The number of para-hydroxylation sites is 1. The van der Waals surface area contributed by atoms with E-state index in [-0.39, 0.29) is 23.3 Å². The first-order valence-electron chi connectivity index (χ1n) is 14.3. The summed E-state index contributed by atoms with van der Waals surface area (Å²) in [4.78, 5) is 30.5. The van der Waals surface area contributed by atoms with Crippen LogP contribution in [0, 0.1) is 11.3 Å². The van der Waals surface area contributed by atoms with E-state index < -0.39 is 0 Å². The van der Waals surface area contributed by atoms with Crippen LogP contribution in [-0.4, -0.2) is 72.3 Å². The maximum absolute atomic E-state index is 13.5. The molecule has 5 rings (SSSR count). The normalized spacial score (nSPS) is 22.6. The summed E-state index contributed by atoms with van der Waals surface area (Å²) in [6, 6.07) is 9.54. The maximum Gasteiger partial charge on any atom is 0.292 e. The van der Waals surface area contributed by atoms with Crippen molar-refractivity contribution in [3.63, 3.8) is 0 Å². The van der Waals surface area contributed by atoms with Crippen molar-refractivity contribution in [1.82, 2.24) is 15.0 Å². The minimum atomic E-state index is -0.0892. The SMILES string of the molecule is CC(C)Cc1cc(C(=O)N2CCC3(CCCCOC[C@@H]4CCCN4C(=O)c4ccccc4OC3)CC2)on1. The first-order chi connectivity index (χ1) is 18.4. The van der Waals surface area contributed by atoms with Crippen LogP contribution in [0.25, 0.3) is 0 Å². The number of rotatable bonds is 3. The van der Waals surface area contributed by atoms with E-state index >= 15 is 0 Å². The molecule has 1 aromatic carbocycles. The molecule has 0 aliphatic carbocycles. The zero-order valence-corrected chi connectivity index (χ0v) is 22.8. The molecule has 1 spiro atoms. The topological polar surface area (TPSA) is 85.1 Å². The van der Waals surface area contributed by atoms with Gasteiger partial charge in [-0.05, 0) is 63.0 Å². The molecule has 0 unspecified atom stereocenters. The Kier molecular flexibility index (Phi) is 8.36. The average molecular weight is 524 g/mol. The summed E-state index contributed by atoms with van der Waals surface area (Å²) in [6.07, 6.45) is 7.52. The van der Waals surface area contributed by atoms with E-state index in [0.29, 0.717) is 55.9 Å². The smallest absolute Gasteiger partial charge is 0.292 e. The third-order valence-corrected chi connectivity index (χ3v) is 8.34. The fraction of sp³-hybridized carbons (Fsp3) is 0.633. The molecule has 0 N–H and O–H groups in total. The van der Waals surface area contributed by atoms with Gasteiger partial charge in [0.1, 0.15) is 5.75 Å². The molecule has 3 aliphatic rings. The number of carbonyl (C=O) groups is 2. The van der Waals surface area contributed by atoms with E-state index in [9.17, 15) is 9.59 Å². The Morgan fingerprint density at radius 2 is 1.92 bits per heavy atom. The highest BCUT2D eigenvalue weighted by Gasteiger charge is 2.38. The first kappa shape index (κ1) is 26.7. The van der Waals surface area contributed by atoms with Crippen LogP contribution < -0.4 is 4.74 Å². The van der Waals surface area contributed by atoms with Crippen molar-refractivity contribution in [2.45, 2.75) is 71.3 Å². The summed E-state index contributed by atoms with van der Waals surface area (Å²) >= 11 is 0. The number of hydrogen-bond acceptors (Lipinski definition) is 6. The Hall–Kier alpha value is -2.87. The van der Waals surface area contributed by atoms with Crippen LogP contribution in [-0.2, 0) is 11.2 Å². The van der Waals surface area contributed by atoms with Gasteiger partial charge >= 0.3 is 0 Å². The number of benzene rings is 1. The molecule has 3 aliphatic heterocycles. The Morgan fingerprint density at radius 1 is 1.11 bits per heavy atom. The second-order valence-electron chi connectivity index (χ2n) is 11.7. The van der Waals surface area contributed by atoms with E-state index in [4.69, 9.17) is 14.0 Å². The highest BCUT2D eigenvalue weighted by Crippen LogP contribution is 2.38. The quantitative estimate of drug-likeness (QED) is 0.564. The molecule has 8 heteroatoms. The van der Waals surface area contributed by atoms with Gasteiger partial charge in [0.05, 0.1) is 30.5 Å². The zero-order chi connectivity index (χ0) is 26.5. The summed E-state index contributed by atoms with van der Waals surface area (Å²) in [7, 11) is 0. The average Bonchev–Trinajstić information content (AvgIpc) is 3.58. The van der Waals surface area contributed by atoms with Gasteiger partial charge in [-0.1, -0.05) is 37.6 Å². The lowest BCUT2D eigenvalue weighted by Gasteiger charge is -2.41. The van der Waals surface area contributed by atoms with Crippen molar-refractivity contribution < 1.29 is 23.6 Å². The van der Waals surface area contributed by atoms with Crippen LogP contribution in [0.15, 0.2) is 34.9 Å². The molecule has 2 fully saturated rings. The highest BCUT2D eigenvalue weighted by molar-refractivity contribution is 5.97. The fourth-order valence-corrected chi connectivity index (χ4v) is 6.09. The number of likely N-dealkylation sites (tertiary alicyclic amines) is 1. The molecule has 2 amide bonds. The lowest BCUT2D eigenvalue weighted by Crippen LogP contribution is -2.45. The first-order valence-corrected chi connectivity index (χ1v) is 14.3. The molecular formula is C30H41N3O5. The number of fused-ring (bicyclic) bond motifs is 2. The monoisotopic (exact) mass is 523 g/mol.